The molecule has 0 aliphatic carbocycles. The van der Waals surface area contributed by atoms with Crippen molar-refractivity contribution in [2.45, 2.75) is 12.2 Å². The van der Waals surface area contributed by atoms with E-state index < -0.39 is 24.1 Å². The van der Waals surface area contributed by atoms with E-state index in [0.29, 0.717) is 0 Å². The first kappa shape index (κ1) is 18.0. The molecule has 0 aromatic heterocycles. The van der Waals surface area contributed by atoms with Crippen molar-refractivity contribution in [3.63, 3.8) is 0 Å². The van der Waals surface area contributed by atoms with Crippen LogP contribution in [0, 0.1) is 0 Å². The Morgan fingerprint density at radius 3 is 1.08 bits per heavy atom. The van der Waals surface area contributed by atoms with Crippen LogP contribution in [0.15, 0.2) is 0 Å². The third-order valence-electron chi connectivity index (χ3n) is 0.805. The molecule has 2 radical (unpaired) electrons. The van der Waals surface area contributed by atoms with Gasteiger partial charge in [0.05, 0.1) is 0 Å². The van der Waals surface area contributed by atoms with Gasteiger partial charge >= 0.3 is 11.9 Å². The summed E-state index contributed by atoms with van der Waals surface area (Å²) in [6, 6.07) is 0. The number of carboxylic acids is 2. The first-order chi connectivity index (χ1) is 4.46. The third kappa shape index (κ3) is 5.76. The van der Waals surface area contributed by atoms with Gasteiger partial charge in [0, 0.05) is 40.2 Å². The van der Waals surface area contributed by atoms with Crippen molar-refractivity contribution in [1.29, 1.82) is 0 Å². The van der Waals surface area contributed by atoms with Gasteiger partial charge in [0.15, 0.2) is 12.2 Å². The summed E-state index contributed by atoms with van der Waals surface area (Å²) in [6.07, 6.45) is -4.53. The Balaban J connectivity index is -0.000000405. The van der Waals surface area contributed by atoms with Crippen LogP contribution in [-0.2, 0) is 49.8 Å². The summed E-state index contributed by atoms with van der Waals surface area (Å²) in [4.78, 5) is 19.5. The van der Waals surface area contributed by atoms with Crippen LogP contribution >= 0.6 is 0 Å². The average molecular weight is 346 g/mol. The smallest absolute Gasteiger partial charge is 0.335 e. The summed E-state index contributed by atoms with van der Waals surface area (Å²) < 4.78 is 0. The van der Waals surface area contributed by atoms with E-state index in [9.17, 15) is 9.59 Å². The Kier molecular flexibility index (Phi) is 11.7. The van der Waals surface area contributed by atoms with Crippen LogP contribution in [-0.4, -0.2) is 44.6 Å². The second-order valence-electron chi connectivity index (χ2n) is 1.57. The standard InChI is InChI=1S/C4H6O6.2Tc/c5-1(3(7)8)2(6)4(9)10;;/h1-2,5-6H,(H,7,8)(H,9,10);;. The molecule has 4 N–H and O–H groups in total. The topological polar surface area (TPSA) is 115 Å². The molecule has 6 nitrogen and oxygen atoms in total. The van der Waals surface area contributed by atoms with Crippen LogP contribution in [0.25, 0.3) is 0 Å². The number of rotatable bonds is 3. The van der Waals surface area contributed by atoms with E-state index in [2.05, 4.69) is 0 Å². The molecule has 0 aliphatic heterocycles. The van der Waals surface area contributed by atoms with Crippen LogP contribution < -0.4 is 0 Å². The molecular formula is C4H6O6Tc2. The van der Waals surface area contributed by atoms with E-state index >= 15 is 0 Å². The summed E-state index contributed by atoms with van der Waals surface area (Å²) >= 11 is 0. The monoisotopic (exact) mass is 344 g/mol. The van der Waals surface area contributed by atoms with Gasteiger partial charge in [0.1, 0.15) is 0 Å². The normalized spacial score (nSPS) is 13.2. The fraction of sp³-hybridized carbons (Fsp3) is 0.500. The molecule has 0 aromatic carbocycles. The van der Waals surface area contributed by atoms with Crippen molar-refractivity contribution in [2.75, 3.05) is 0 Å². The molecule has 72 valence electrons. The molecule has 0 spiro atoms. The molecule has 0 aliphatic rings. The average Bonchev–Trinajstić information content (AvgIpc) is 1.84. The van der Waals surface area contributed by atoms with E-state index in [-0.39, 0.29) is 40.2 Å². The Morgan fingerprint density at radius 2 is 1.00 bits per heavy atom. The number of aliphatic hydroxyl groups is 2. The zero-order chi connectivity index (χ0) is 8.31. The zero-order valence-electron chi connectivity index (χ0n) is 5.52. The van der Waals surface area contributed by atoms with Gasteiger partial charge in [-0.1, -0.05) is 0 Å². The molecule has 0 heterocycles. The van der Waals surface area contributed by atoms with E-state index in [1.807, 2.05) is 0 Å². The molecular weight excluding hydrogens is 340 g/mol. The largest absolute Gasteiger partial charge is 0.479 e. The maximum Gasteiger partial charge on any atom is 0.335 e. The minimum absolute atomic E-state index is 0. The quantitative estimate of drug-likeness (QED) is 0.464. The van der Waals surface area contributed by atoms with Gasteiger partial charge < -0.3 is 20.4 Å². The number of carboxylic acid groups (broad SMARTS) is 2. The summed E-state index contributed by atoms with van der Waals surface area (Å²) in [5.74, 6) is -3.54. The number of hydrogen-bond donors (Lipinski definition) is 4. The first-order valence-electron chi connectivity index (χ1n) is 2.28. The van der Waals surface area contributed by atoms with E-state index in [0.717, 1.165) is 0 Å². The molecule has 2 atom stereocenters. The Morgan fingerprint density at radius 1 is 0.833 bits per heavy atom. The van der Waals surface area contributed by atoms with E-state index in [4.69, 9.17) is 20.4 Å². The van der Waals surface area contributed by atoms with Gasteiger partial charge in [-0.15, -0.1) is 0 Å². The van der Waals surface area contributed by atoms with Crippen molar-refractivity contribution in [3.8, 4) is 0 Å². The fourth-order valence-electron chi connectivity index (χ4n) is 0.270. The van der Waals surface area contributed by atoms with Crippen LogP contribution in [0.2, 0.25) is 0 Å². The van der Waals surface area contributed by atoms with Gasteiger partial charge in [-0.05, 0) is 0 Å². The second-order valence-corrected chi connectivity index (χ2v) is 1.57. The van der Waals surface area contributed by atoms with Gasteiger partial charge in [-0.3, -0.25) is 0 Å². The van der Waals surface area contributed by atoms with E-state index in [1.54, 1.807) is 0 Å². The summed E-state index contributed by atoms with van der Waals surface area (Å²) in [5, 5.41) is 32.5. The maximum absolute atomic E-state index is 9.77. The molecule has 0 saturated heterocycles. The number of carbonyl (C=O) groups is 2. The van der Waals surface area contributed by atoms with Crippen LogP contribution in [0.3, 0.4) is 0 Å². The summed E-state index contributed by atoms with van der Waals surface area (Å²) in [5.41, 5.74) is 0. The van der Waals surface area contributed by atoms with Gasteiger partial charge in [0.2, 0.25) is 0 Å². The Hall–Kier alpha value is 0.159. The predicted octanol–water partition coefficient (Wildman–Crippen LogP) is -2.13. The molecule has 0 fully saturated rings. The van der Waals surface area contributed by atoms with Gasteiger partial charge in [0.25, 0.3) is 0 Å². The van der Waals surface area contributed by atoms with Gasteiger partial charge in [-0.2, -0.15) is 0 Å². The van der Waals surface area contributed by atoms with Crippen molar-refractivity contribution in [3.05, 3.63) is 0 Å². The van der Waals surface area contributed by atoms with Crippen molar-refractivity contribution in [1.82, 2.24) is 0 Å². The van der Waals surface area contributed by atoms with Crippen molar-refractivity contribution in [2.24, 2.45) is 0 Å². The minimum atomic E-state index is -2.27. The molecule has 0 amide bonds. The maximum atomic E-state index is 9.77. The van der Waals surface area contributed by atoms with Gasteiger partial charge in [-0.25, -0.2) is 9.59 Å². The molecule has 12 heavy (non-hydrogen) atoms. The zero-order valence-corrected chi connectivity index (χ0v) is 9.23. The molecule has 0 rings (SSSR count). The summed E-state index contributed by atoms with van der Waals surface area (Å²) in [6.45, 7) is 0. The molecule has 0 aromatic rings. The van der Waals surface area contributed by atoms with Crippen LogP contribution in [0.1, 0.15) is 0 Å². The minimum Gasteiger partial charge on any atom is -0.479 e. The van der Waals surface area contributed by atoms with Crippen molar-refractivity contribution < 1.29 is 70.2 Å². The summed E-state index contributed by atoms with van der Waals surface area (Å²) in [7, 11) is 0. The molecule has 8 heteroatoms. The van der Waals surface area contributed by atoms with E-state index in [1.165, 1.54) is 0 Å². The number of aliphatic carboxylic acids is 2. The van der Waals surface area contributed by atoms with Crippen LogP contribution in [0.5, 0.6) is 0 Å². The SMILES string of the molecule is O=C(O)C(O)C(O)C(=O)O.[Tc].[Tc]. The third-order valence-corrected chi connectivity index (χ3v) is 0.805. The number of hydrogen-bond acceptors (Lipinski definition) is 4. The predicted molar refractivity (Wildman–Crippen MR) is 27.3 cm³/mol. The first-order valence-corrected chi connectivity index (χ1v) is 2.28. The second kappa shape index (κ2) is 7.79. The van der Waals surface area contributed by atoms with Crippen LogP contribution in [0.4, 0.5) is 0 Å². The molecule has 0 bridgehead atoms. The Labute approximate surface area is 94.3 Å². The number of aliphatic hydroxyl groups excluding tert-OH is 2. The Bertz CT molecular complexity index is 142. The fourth-order valence-corrected chi connectivity index (χ4v) is 0.270. The molecule has 0 saturated carbocycles. The van der Waals surface area contributed by atoms with Crippen molar-refractivity contribution >= 4 is 11.9 Å². The molecule has 2 unspecified atom stereocenters.